The molecule has 0 aliphatic carbocycles. The van der Waals surface area contributed by atoms with Crippen molar-refractivity contribution in [3.05, 3.63) is 34.9 Å². The minimum absolute atomic E-state index is 0.252. The molecule has 0 bridgehead atoms. The number of hydrogen-bond acceptors (Lipinski definition) is 2. The highest BCUT2D eigenvalue weighted by molar-refractivity contribution is 5.90. The van der Waals surface area contributed by atoms with Crippen LogP contribution < -0.4 is 5.32 Å². The number of carbonyl (C=O) groups excluding carboxylic acids is 1. The summed E-state index contributed by atoms with van der Waals surface area (Å²) in [5, 5.41) is 3.42. The van der Waals surface area contributed by atoms with Crippen LogP contribution in [-0.2, 0) is 11.2 Å². The summed E-state index contributed by atoms with van der Waals surface area (Å²) in [6, 6.07) is 6.41. The first-order valence-corrected chi connectivity index (χ1v) is 6.91. The smallest absolute Gasteiger partial charge is 0.157 e. The molecule has 1 N–H and O–H groups in total. The number of carbonyl (C=O) groups is 1. The quantitative estimate of drug-likeness (QED) is 0.883. The molecule has 1 heterocycles. The normalized spacial score (nSPS) is 23.3. The van der Waals surface area contributed by atoms with Crippen molar-refractivity contribution in [2.24, 2.45) is 0 Å². The van der Waals surface area contributed by atoms with Crippen molar-refractivity contribution in [2.45, 2.75) is 52.0 Å². The summed E-state index contributed by atoms with van der Waals surface area (Å²) in [6.07, 6.45) is 3.57. The molecule has 0 amide bonds. The number of aryl methyl sites for hydroxylation is 2. The van der Waals surface area contributed by atoms with Gasteiger partial charge in [0, 0.05) is 6.42 Å². The molecule has 18 heavy (non-hydrogen) atoms. The number of hydrogen-bond donors (Lipinski definition) is 1. The summed E-state index contributed by atoms with van der Waals surface area (Å²) in [5.74, 6) is 0.354. The lowest BCUT2D eigenvalue weighted by Gasteiger charge is -2.26. The third-order valence-electron chi connectivity index (χ3n) is 4.03. The van der Waals surface area contributed by atoms with Gasteiger partial charge >= 0.3 is 0 Å². The van der Waals surface area contributed by atoms with Crippen LogP contribution in [0.1, 0.15) is 42.9 Å². The molecule has 1 aliphatic rings. The first-order chi connectivity index (χ1) is 8.55. The summed E-state index contributed by atoms with van der Waals surface area (Å²) >= 11 is 0. The zero-order chi connectivity index (χ0) is 13.2. The minimum Gasteiger partial charge on any atom is -0.305 e. The molecule has 1 aromatic carbocycles. The summed E-state index contributed by atoms with van der Waals surface area (Å²) in [5.41, 5.74) is 3.38. The molecule has 1 unspecified atom stereocenters. The highest BCUT2D eigenvalue weighted by atomic mass is 16.1. The predicted molar refractivity (Wildman–Crippen MR) is 74.9 cm³/mol. The van der Waals surface area contributed by atoms with Crippen LogP contribution in [0.2, 0.25) is 0 Å². The van der Waals surface area contributed by atoms with Crippen molar-refractivity contribution in [3.8, 4) is 0 Å². The Hall–Kier alpha value is -1.15. The lowest BCUT2D eigenvalue weighted by molar-refractivity contribution is -0.124. The molecule has 1 aromatic rings. The Kier molecular flexibility index (Phi) is 3.86. The van der Waals surface area contributed by atoms with E-state index in [0.29, 0.717) is 12.2 Å². The Balaban J connectivity index is 2.15. The van der Waals surface area contributed by atoms with Crippen molar-refractivity contribution < 1.29 is 4.79 Å². The molecule has 1 saturated heterocycles. The van der Waals surface area contributed by atoms with Crippen LogP contribution in [0.25, 0.3) is 0 Å². The van der Waals surface area contributed by atoms with Crippen molar-refractivity contribution >= 4 is 5.78 Å². The van der Waals surface area contributed by atoms with Crippen molar-refractivity contribution in [1.82, 2.24) is 5.32 Å². The number of benzene rings is 1. The van der Waals surface area contributed by atoms with Crippen LogP contribution in [0.4, 0.5) is 0 Å². The van der Waals surface area contributed by atoms with Gasteiger partial charge in [-0.05, 0) is 45.2 Å². The van der Waals surface area contributed by atoms with Gasteiger partial charge in [0.1, 0.15) is 0 Å². The zero-order valence-corrected chi connectivity index (χ0v) is 11.7. The first-order valence-electron chi connectivity index (χ1n) is 6.91. The van der Waals surface area contributed by atoms with Gasteiger partial charge in [0.05, 0.1) is 5.54 Å². The highest BCUT2D eigenvalue weighted by Gasteiger charge is 2.38. The second-order valence-electron chi connectivity index (χ2n) is 5.56. The molecule has 0 aromatic heterocycles. The van der Waals surface area contributed by atoms with Crippen LogP contribution in [0.3, 0.4) is 0 Å². The van der Waals surface area contributed by atoms with Gasteiger partial charge in [0.25, 0.3) is 0 Å². The van der Waals surface area contributed by atoms with Crippen LogP contribution in [0, 0.1) is 13.8 Å². The van der Waals surface area contributed by atoms with Crippen LogP contribution in [-0.4, -0.2) is 17.9 Å². The molecule has 0 spiro atoms. The van der Waals surface area contributed by atoms with E-state index in [1.807, 2.05) is 0 Å². The van der Waals surface area contributed by atoms with Gasteiger partial charge in [-0.15, -0.1) is 0 Å². The van der Waals surface area contributed by atoms with Crippen molar-refractivity contribution in [2.75, 3.05) is 6.54 Å². The summed E-state index contributed by atoms with van der Waals surface area (Å²) in [7, 11) is 0. The van der Waals surface area contributed by atoms with E-state index in [4.69, 9.17) is 0 Å². The third kappa shape index (κ3) is 2.64. The Bertz CT molecular complexity index is 424. The molecule has 1 atom stereocenters. The van der Waals surface area contributed by atoms with Crippen LogP contribution >= 0.6 is 0 Å². The van der Waals surface area contributed by atoms with Gasteiger partial charge in [-0.2, -0.15) is 0 Å². The number of Topliss-reactive ketones (excluding diaryl/α,β-unsaturated/α-hetero) is 1. The molecule has 0 radical (unpaired) electrons. The molecule has 1 aliphatic heterocycles. The maximum Gasteiger partial charge on any atom is 0.157 e. The average molecular weight is 245 g/mol. The minimum atomic E-state index is -0.252. The average Bonchev–Trinajstić information content (AvgIpc) is 2.77. The monoisotopic (exact) mass is 245 g/mol. The molecule has 98 valence electrons. The topological polar surface area (TPSA) is 29.1 Å². The van der Waals surface area contributed by atoms with Crippen molar-refractivity contribution in [3.63, 3.8) is 0 Å². The molecule has 2 rings (SSSR count). The van der Waals surface area contributed by atoms with Gasteiger partial charge in [0.2, 0.25) is 0 Å². The summed E-state index contributed by atoms with van der Waals surface area (Å²) in [6.45, 7) is 7.26. The standard InChI is InChI=1S/C16H23NO/c1-4-16(6-5-7-17-16)15(18)11-14-9-12(2)8-13(3)10-14/h8-10,17H,4-7,11H2,1-3H3. The van der Waals surface area contributed by atoms with E-state index in [1.54, 1.807) is 0 Å². The number of ketones is 1. The van der Waals surface area contributed by atoms with Crippen LogP contribution in [0.5, 0.6) is 0 Å². The van der Waals surface area contributed by atoms with E-state index in [2.05, 4.69) is 44.3 Å². The Labute approximate surface area is 110 Å². The molecule has 0 saturated carbocycles. The summed E-state index contributed by atoms with van der Waals surface area (Å²) in [4.78, 5) is 12.5. The maximum absolute atomic E-state index is 12.5. The lowest BCUT2D eigenvalue weighted by Crippen LogP contribution is -2.47. The fourth-order valence-electron chi connectivity index (χ4n) is 3.07. The summed E-state index contributed by atoms with van der Waals surface area (Å²) < 4.78 is 0. The van der Waals surface area contributed by atoms with E-state index in [0.717, 1.165) is 31.4 Å². The largest absolute Gasteiger partial charge is 0.305 e. The zero-order valence-electron chi connectivity index (χ0n) is 11.7. The second kappa shape index (κ2) is 5.23. The number of nitrogens with one attached hydrogen (secondary N) is 1. The molecule has 2 nitrogen and oxygen atoms in total. The Morgan fingerprint density at radius 3 is 2.44 bits per heavy atom. The second-order valence-corrected chi connectivity index (χ2v) is 5.56. The van der Waals surface area contributed by atoms with E-state index in [9.17, 15) is 4.79 Å². The Morgan fingerprint density at radius 1 is 1.28 bits per heavy atom. The van der Waals surface area contributed by atoms with E-state index < -0.39 is 0 Å². The molecule has 2 heteroatoms. The van der Waals surface area contributed by atoms with Gasteiger partial charge < -0.3 is 5.32 Å². The SMILES string of the molecule is CCC1(C(=O)Cc2cc(C)cc(C)c2)CCCN1. The third-order valence-corrected chi connectivity index (χ3v) is 4.03. The molecular weight excluding hydrogens is 222 g/mol. The highest BCUT2D eigenvalue weighted by Crippen LogP contribution is 2.25. The van der Waals surface area contributed by atoms with E-state index >= 15 is 0 Å². The Morgan fingerprint density at radius 2 is 1.94 bits per heavy atom. The first kappa shape index (κ1) is 13.3. The predicted octanol–water partition coefficient (Wildman–Crippen LogP) is 2.95. The maximum atomic E-state index is 12.5. The lowest BCUT2D eigenvalue weighted by atomic mass is 9.85. The van der Waals surface area contributed by atoms with Gasteiger partial charge in [-0.1, -0.05) is 36.2 Å². The van der Waals surface area contributed by atoms with Crippen molar-refractivity contribution in [1.29, 1.82) is 0 Å². The van der Waals surface area contributed by atoms with Crippen LogP contribution in [0.15, 0.2) is 18.2 Å². The van der Waals surface area contributed by atoms with E-state index in [-0.39, 0.29) is 5.54 Å². The van der Waals surface area contributed by atoms with Gasteiger partial charge in [0.15, 0.2) is 5.78 Å². The number of rotatable bonds is 4. The van der Waals surface area contributed by atoms with Gasteiger partial charge in [-0.3, -0.25) is 4.79 Å². The van der Waals surface area contributed by atoms with E-state index in [1.165, 1.54) is 11.1 Å². The van der Waals surface area contributed by atoms with Gasteiger partial charge in [-0.25, -0.2) is 0 Å². The fourth-order valence-corrected chi connectivity index (χ4v) is 3.07. The molecule has 1 fully saturated rings. The fraction of sp³-hybridized carbons (Fsp3) is 0.562. The molecular formula is C16H23NO.